The number of rotatable bonds is 1. The van der Waals surface area contributed by atoms with Crippen molar-refractivity contribution in [1.29, 1.82) is 0 Å². The maximum atomic E-state index is 12.2. The van der Waals surface area contributed by atoms with Crippen molar-refractivity contribution in [1.82, 2.24) is 4.90 Å². The fraction of sp³-hybridized carbons (Fsp3) is 0.867. The van der Waals surface area contributed by atoms with Gasteiger partial charge in [0.05, 0.1) is 0 Å². The monoisotopic (exact) mass is 281 g/mol. The minimum Gasteiger partial charge on any atom is -0.459 e. The lowest BCUT2D eigenvalue weighted by molar-refractivity contribution is -0.170. The third-order valence-electron chi connectivity index (χ3n) is 4.65. The summed E-state index contributed by atoms with van der Waals surface area (Å²) in [5.41, 5.74) is -1.00. The van der Waals surface area contributed by atoms with Crippen molar-refractivity contribution in [2.24, 2.45) is 11.8 Å². The van der Waals surface area contributed by atoms with E-state index in [4.69, 9.17) is 9.47 Å². The van der Waals surface area contributed by atoms with Gasteiger partial charge in [-0.25, -0.2) is 0 Å². The average molecular weight is 281 g/mol. The highest BCUT2D eigenvalue weighted by molar-refractivity contribution is 5.96. The standard InChI is InChI=1S/C15H23NO4/c1-14(2,3)19-12(17)11-8-15(20-13(11)18)9-16-6-4-10(15)5-7-16/h10-11H,4-9H2,1-3H3/t11?,15-/m0/s1. The van der Waals surface area contributed by atoms with Gasteiger partial charge in [0.2, 0.25) is 0 Å². The Morgan fingerprint density at radius 2 is 2.00 bits per heavy atom. The Kier molecular flexibility index (Phi) is 3.08. The molecule has 2 atom stereocenters. The molecule has 0 aromatic heterocycles. The van der Waals surface area contributed by atoms with E-state index in [0.29, 0.717) is 12.3 Å². The van der Waals surface area contributed by atoms with Crippen molar-refractivity contribution in [3.8, 4) is 0 Å². The Morgan fingerprint density at radius 1 is 1.35 bits per heavy atom. The number of piperidine rings is 3. The van der Waals surface area contributed by atoms with E-state index in [1.807, 2.05) is 20.8 Å². The second-order valence-corrected chi connectivity index (χ2v) is 7.33. The lowest BCUT2D eigenvalue weighted by Crippen LogP contribution is -2.59. The summed E-state index contributed by atoms with van der Waals surface area (Å²) in [5.74, 6) is -1.16. The van der Waals surface area contributed by atoms with E-state index in [1.165, 1.54) is 0 Å². The first-order valence-corrected chi connectivity index (χ1v) is 7.47. The minimum absolute atomic E-state index is 0.395. The van der Waals surface area contributed by atoms with E-state index in [0.717, 1.165) is 32.5 Å². The molecule has 0 radical (unpaired) electrons. The summed E-state index contributed by atoms with van der Waals surface area (Å²) in [6.07, 6.45) is 2.62. The highest BCUT2D eigenvalue weighted by Gasteiger charge is 2.58. The molecule has 0 aromatic rings. The van der Waals surface area contributed by atoms with Crippen LogP contribution in [0, 0.1) is 11.8 Å². The van der Waals surface area contributed by atoms with Crippen LogP contribution in [0.15, 0.2) is 0 Å². The largest absolute Gasteiger partial charge is 0.459 e. The van der Waals surface area contributed by atoms with Gasteiger partial charge in [-0.1, -0.05) is 0 Å². The average Bonchev–Trinajstić information content (AvgIpc) is 2.65. The van der Waals surface area contributed by atoms with Crippen LogP contribution in [0.25, 0.3) is 0 Å². The maximum Gasteiger partial charge on any atom is 0.321 e. The van der Waals surface area contributed by atoms with Gasteiger partial charge in [0.15, 0.2) is 5.92 Å². The van der Waals surface area contributed by atoms with Crippen LogP contribution in [0.5, 0.6) is 0 Å². The summed E-state index contributed by atoms with van der Waals surface area (Å²) in [5, 5.41) is 0. The molecule has 0 aliphatic carbocycles. The molecule has 1 unspecified atom stereocenters. The summed E-state index contributed by atoms with van der Waals surface area (Å²) < 4.78 is 11.0. The molecule has 4 fully saturated rings. The quantitative estimate of drug-likeness (QED) is 0.536. The first kappa shape index (κ1) is 13.9. The minimum atomic E-state index is -0.741. The molecule has 0 N–H and O–H groups in total. The Balaban J connectivity index is 1.74. The second kappa shape index (κ2) is 4.45. The Hall–Kier alpha value is -1.10. The van der Waals surface area contributed by atoms with E-state index in [2.05, 4.69) is 4.90 Å². The van der Waals surface area contributed by atoms with Gasteiger partial charge < -0.3 is 9.47 Å². The molecule has 5 nitrogen and oxygen atoms in total. The predicted molar refractivity (Wildman–Crippen MR) is 71.9 cm³/mol. The first-order valence-electron chi connectivity index (χ1n) is 7.47. The van der Waals surface area contributed by atoms with E-state index >= 15 is 0 Å². The van der Waals surface area contributed by atoms with Crippen LogP contribution in [0.4, 0.5) is 0 Å². The molecular formula is C15H23NO4. The van der Waals surface area contributed by atoms with Gasteiger partial charge in [0.25, 0.3) is 0 Å². The number of fused-ring (bicyclic) bond motifs is 2. The number of hydrogen-bond donors (Lipinski definition) is 0. The molecule has 4 rings (SSSR count). The number of carbonyl (C=O) groups is 2. The normalized spacial score (nSPS) is 40.0. The topological polar surface area (TPSA) is 55.8 Å². The smallest absolute Gasteiger partial charge is 0.321 e. The van der Waals surface area contributed by atoms with Gasteiger partial charge in [0, 0.05) is 18.9 Å². The van der Waals surface area contributed by atoms with Gasteiger partial charge in [-0.05, 0) is 46.7 Å². The van der Waals surface area contributed by atoms with Crippen molar-refractivity contribution in [3.63, 3.8) is 0 Å². The van der Waals surface area contributed by atoms with Crippen molar-refractivity contribution in [2.45, 2.75) is 51.2 Å². The fourth-order valence-electron chi connectivity index (χ4n) is 3.77. The van der Waals surface area contributed by atoms with Crippen molar-refractivity contribution in [2.75, 3.05) is 19.6 Å². The Bertz CT molecular complexity index is 434. The van der Waals surface area contributed by atoms with Gasteiger partial charge in [-0.2, -0.15) is 0 Å². The second-order valence-electron chi connectivity index (χ2n) is 7.33. The van der Waals surface area contributed by atoms with Crippen molar-refractivity contribution < 1.29 is 19.1 Å². The van der Waals surface area contributed by atoms with E-state index < -0.39 is 29.1 Å². The number of carbonyl (C=O) groups excluding carboxylic acids is 2. The Morgan fingerprint density at radius 3 is 2.50 bits per heavy atom. The molecule has 0 saturated carbocycles. The molecule has 0 aromatic carbocycles. The molecule has 0 amide bonds. The van der Waals surface area contributed by atoms with E-state index in [1.54, 1.807) is 0 Å². The summed E-state index contributed by atoms with van der Waals surface area (Å²) in [7, 11) is 0. The molecular weight excluding hydrogens is 258 g/mol. The van der Waals surface area contributed by atoms with Crippen LogP contribution in [0.3, 0.4) is 0 Å². The molecule has 4 aliphatic heterocycles. The zero-order valence-corrected chi connectivity index (χ0v) is 12.5. The third-order valence-corrected chi connectivity index (χ3v) is 4.65. The summed E-state index contributed by atoms with van der Waals surface area (Å²) in [6, 6.07) is 0. The molecule has 2 bridgehead atoms. The van der Waals surface area contributed by atoms with E-state index in [9.17, 15) is 9.59 Å². The molecule has 1 spiro atoms. The van der Waals surface area contributed by atoms with Crippen LogP contribution >= 0.6 is 0 Å². The SMILES string of the molecule is CC(C)(C)OC(=O)C1C[C@@]2(CN3CCC2CC3)OC1=O. The van der Waals surface area contributed by atoms with Crippen molar-refractivity contribution in [3.05, 3.63) is 0 Å². The summed E-state index contributed by atoms with van der Waals surface area (Å²) in [4.78, 5) is 26.6. The van der Waals surface area contributed by atoms with Crippen LogP contribution < -0.4 is 0 Å². The maximum absolute atomic E-state index is 12.2. The number of nitrogens with zero attached hydrogens (tertiary/aromatic N) is 1. The number of hydrogen-bond acceptors (Lipinski definition) is 5. The molecule has 4 heterocycles. The zero-order chi connectivity index (χ0) is 14.5. The summed E-state index contributed by atoms with van der Waals surface area (Å²) in [6.45, 7) is 8.39. The van der Waals surface area contributed by atoms with Crippen molar-refractivity contribution >= 4 is 11.9 Å². The van der Waals surface area contributed by atoms with Crippen LogP contribution in [0.2, 0.25) is 0 Å². The summed E-state index contributed by atoms with van der Waals surface area (Å²) >= 11 is 0. The third kappa shape index (κ3) is 2.32. The number of esters is 2. The molecule has 4 aliphatic rings. The zero-order valence-electron chi connectivity index (χ0n) is 12.5. The highest BCUT2D eigenvalue weighted by Crippen LogP contribution is 2.46. The lowest BCUT2D eigenvalue weighted by atomic mass is 9.72. The van der Waals surface area contributed by atoms with Crippen LogP contribution in [-0.4, -0.2) is 47.7 Å². The van der Waals surface area contributed by atoms with Crippen LogP contribution in [-0.2, 0) is 19.1 Å². The molecule has 20 heavy (non-hydrogen) atoms. The van der Waals surface area contributed by atoms with Gasteiger partial charge in [-0.15, -0.1) is 0 Å². The van der Waals surface area contributed by atoms with Gasteiger partial charge in [-0.3, -0.25) is 14.5 Å². The Labute approximate surface area is 119 Å². The predicted octanol–water partition coefficient (Wildman–Crippen LogP) is 1.36. The first-order chi connectivity index (χ1) is 9.29. The fourth-order valence-corrected chi connectivity index (χ4v) is 3.77. The molecule has 112 valence electrons. The van der Waals surface area contributed by atoms with E-state index in [-0.39, 0.29) is 0 Å². The highest BCUT2D eigenvalue weighted by atomic mass is 16.6. The van der Waals surface area contributed by atoms with Gasteiger partial charge in [0.1, 0.15) is 11.2 Å². The molecule has 4 saturated heterocycles. The number of ether oxygens (including phenoxy) is 2. The van der Waals surface area contributed by atoms with Gasteiger partial charge >= 0.3 is 11.9 Å². The van der Waals surface area contributed by atoms with Crippen LogP contribution in [0.1, 0.15) is 40.0 Å². The lowest BCUT2D eigenvalue weighted by Gasteiger charge is -2.50. The molecule has 5 heteroatoms.